The number of carbonyl (C=O) groups is 3. The molecule has 0 bridgehead atoms. The van der Waals surface area contributed by atoms with E-state index in [-0.39, 0.29) is 28.3 Å². The van der Waals surface area contributed by atoms with E-state index in [9.17, 15) is 22.8 Å². The van der Waals surface area contributed by atoms with Crippen molar-refractivity contribution in [2.45, 2.75) is 24.7 Å². The molecule has 37 heavy (non-hydrogen) atoms. The van der Waals surface area contributed by atoms with Gasteiger partial charge in [0.1, 0.15) is 11.4 Å². The van der Waals surface area contributed by atoms with Gasteiger partial charge in [0.05, 0.1) is 24.2 Å². The topological polar surface area (TPSA) is 141 Å². The zero-order chi connectivity index (χ0) is 26.8. The highest BCUT2D eigenvalue weighted by Gasteiger charge is 2.21. The van der Waals surface area contributed by atoms with Crippen LogP contribution < -0.4 is 14.8 Å². The molecule has 0 spiro atoms. The number of hydrogen-bond donors (Lipinski definition) is 2. The maximum atomic E-state index is 12.8. The molecule has 0 saturated carbocycles. The van der Waals surface area contributed by atoms with Gasteiger partial charge in [-0.1, -0.05) is 31.2 Å². The number of nitrogens with one attached hydrogen (secondary N) is 2. The number of hydrogen-bond acceptors (Lipinski definition) is 8. The normalized spacial score (nSPS) is 10.9. The Balaban J connectivity index is 1.63. The number of rotatable bonds is 11. The molecule has 0 aliphatic carbocycles. The molecule has 194 valence electrons. The third kappa shape index (κ3) is 7.37. The van der Waals surface area contributed by atoms with E-state index in [0.29, 0.717) is 25.1 Å². The third-order valence-corrected chi connectivity index (χ3v) is 6.51. The lowest BCUT2D eigenvalue weighted by molar-refractivity contribution is 0.0497. The average molecular weight is 526 g/mol. The molecule has 0 radical (unpaired) electrons. The van der Waals surface area contributed by atoms with Crippen molar-refractivity contribution in [3.05, 3.63) is 89.2 Å². The van der Waals surface area contributed by atoms with Crippen LogP contribution in [0, 0.1) is 0 Å². The summed E-state index contributed by atoms with van der Waals surface area (Å²) in [5.74, 6) is -1.33. The van der Waals surface area contributed by atoms with Crippen LogP contribution in [0.2, 0.25) is 0 Å². The van der Waals surface area contributed by atoms with Gasteiger partial charge in [-0.2, -0.15) is 0 Å². The Bertz CT molecular complexity index is 1370. The quantitative estimate of drug-likeness (QED) is 0.364. The van der Waals surface area contributed by atoms with E-state index >= 15 is 0 Å². The van der Waals surface area contributed by atoms with Crippen LogP contribution in [-0.4, -0.2) is 51.4 Å². The minimum Gasteiger partial charge on any atom is -0.496 e. The Labute approximate surface area is 215 Å². The van der Waals surface area contributed by atoms with Crippen LogP contribution >= 0.6 is 0 Å². The van der Waals surface area contributed by atoms with Crippen LogP contribution in [0.25, 0.3) is 0 Å². The summed E-state index contributed by atoms with van der Waals surface area (Å²) in [6, 6.07) is 15.3. The fourth-order valence-electron chi connectivity index (χ4n) is 3.28. The summed E-state index contributed by atoms with van der Waals surface area (Å²) in [5.41, 5.74) is 0.967. The van der Waals surface area contributed by atoms with Gasteiger partial charge >= 0.3 is 5.97 Å². The number of nitrogens with zero attached hydrogens (tertiary/aromatic N) is 1. The van der Waals surface area contributed by atoms with Crippen molar-refractivity contribution in [2.24, 2.45) is 0 Å². The molecule has 2 N–H and O–H groups in total. The number of benzene rings is 2. The van der Waals surface area contributed by atoms with Crippen molar-refractivity contribution in [3.63, 3.8) is 0 Å². The molecule has 3 rings (SSSR count). The maximum absolute atomic E-state index is 12.8. The number of carbonyl (C=O) groups excluding carboxylic acids is 3. The van der Waals surface area contributed by atoms with E-state index in [1.165, 1.54) is 36.4 Å². The number of methoxy groups -OCH3 is 1. The van der Waals surface area contributed by atoms with Crippen LogP contribution in [0.4, 0.5) is 0 Å². The average Bonchev–Trinajstić information content (AvgIpc) is 2.91. The van der Waals surface area contributed by atoms with Crippen molar-refractivity contribution >= 4 is 27.8 Å². The Morgan fingerprint density at radius 3 is 2.43 bits per heavy atom. The number of ether oxygens (including phenoxy) is 2. The fourth-order valence-corrected chi connectivity index (χ4v) is 4.30. The molecule has 0 saturated heterocycles. The fraction of sp³-hybridized carbons (Fsp3) is 0.231. The smallest absolute Gasteiger partial charge is 0.356 e. The van der Waals surface area contributed by atoms with Crippen molar-refractivity contribution in [1.29, 1.82) is 0 Å². The van der Waals surface area contributed by atoms with E-state index < -0.39 is 27.8 Å². The van der Waals surface area contributed by atoms with Crippen LogP contribution in [0.5, 0.6) is 5.75 Å². The standard InChI is InChI=1S/C26H27N3O7S/c1-3-15-36-26(32)22-12-11-20(17-28-22)25(31)29-37(33,34)21-9-6-8-19(16-21)24(30)27-14-13-18-7-4-5-10-23(18)35-2/h4-12,16-17H,3,13-15H2,1-2H3,(H,27,30)(H,29,31). The highest BCUT2D eigenvalue weighted by atomic mass is 32.2. The van der Waals surface area contributed by atoms with Crippen LogP contribution in [0.1, 0.15) is 50.1 Å². The Kier molecular flexibility index (Phi) is 9.33. The first-order valence-corrected chi connectivity index (χ1v) is 12.9. The van der Waals surface area contributed by atoms with Crippen molar-refractivity contribution in [2.75, 3.05) is 20.3 Å². The Morgan fingerprint density at radius 1 is 0.946 bits per heavy atom. The first-order chi connectivity index (χ1) is 17.7. The minimum absolute atomic E-state index is 0.00252. The second-order valence-corrected chi connectivity index (χ2v) is 9.53. The molecular formula is C26H27N3O7S. The number of para-hydroxylation sites is 1. The molecular weight excluding hydrogens is 498 g/mol. The Hall–Kier alpha value is -4.25. The van der Waals surface area contributed by atoms with Crippen LogP contribution in [0.15, 0.2) is 71.8 Å². The molecule has 3 aromatic rings. The molecule has 2 amide bonds. The van der Waals surface area contributed by atoms with Crippen LogP contribution in [0.3, 0.4) is 0 Å². The summed E-state index contributed by atoms with van der Waals surface area (Å²) in [6.45, 7) is 2.39. The molecule has 0 aliphatic heterocycles. The first kappa shape index (κ1) is 27.3. The third-order valence-electron chi connectivity index (χ3n) is 5.18. The summed E-state index contributed by atoms with van der Waals surface area (Å²) in [7, 11) is -2.72. The molecule has 0 unspecified atom stereocenters. The van der Waals surface area contributed by atoms with Gasteiger partial charge in [0.2, 0.25) is 0 Å². The molecule has 0 atom stereocenters. The van der Waals surface area contributed by atoms with Gasteiger partial charge in [-0.25, -0.2) is 22.9 Å². The molecule has 0 fully saturated rings. The van der Waals surface area contributed by atoms with Gasteiger partial charge in [-0.05, 0) is 54.8 Å². The van der Waals surface area contributed by atoms with E-state index in [1.807, 2.05) is 35.9 Å². The first-order valence-electron chi connectivity index (χ1n) is 11.5. The number of aromatic nitrogens is 1. The highest BCUT2D eigenvalue weighted by molar-refractivity contribution is 7.90. The monoisotopic (exact) mass is 525 g/mol. The van der Waals surface area contributed by atoms with E-state index in [2.05, 4.69) is 10.3 Å². The van der Waals surface area contributed by atoms with Gasteiger partial charge in [0.15, 0.2) is 0 Å². The van der Waals surface area contributed by atoms with E-state index in [0.717, 1.165) is 11.8 Å². The van der Waals surface area contributed by atoms with Gasteiger partial charge in [-0.15, -0.1) is 0 Å². The van der Waals surface area contributed by atoms with Gasteiger partial charge in [-0.3, -0.25) is 9.59 Å². The molecule has 2 aromatic carbocycles. The zero-order valence-electron chi connectivity index (χ0n) is 20.4. The summed E-state index contributed by atoms with van der Waals surface area (Å²) < 4.78 is 37.8. The lowest BCUT2D eigenvalue weighted by atomic mass is 10.1. The summed E-state index contributed by atoms with van der Waals surface area (Å²) in [4.78, 5) is 40.5. The summed E-state index contributed by atoms with van der Waals surface area (Å²) >= 11 is 0. The minimum atomic E-state index is -4.29. The maximum Gasteiger partial charge on any atom is 0.356 e. The van der Waals surface area contributed by atoms with E-state index in [1.54, 1.807) is 7.11 Å². The summed E-state index contributed by atoms with van der Waals surface area (Å²) in [6.07, 6.45) is 2.25. The highest BCUT2D eigenvalue weighted by Crippen LogP contribution is 2.17. The largest absolute Gasteiger partial charge is 0.496 e. The van der Waals surface area contributed by atoms with Crippen molar-refractivity contribution in [3.8, 4) is 5.75 Å². The van der Waals surface area contributed by atoms with Crippen molar-refractivity contribution < 1.29 is 32.3 Å². The lowest BCUT2D eigenvalue weighted by Crippen LogP contribution is -2.31. The van der Waals surface area contributed by atoms with Gasteiger partial charge < -0.3 is 14.8 Å². The lowest BCUT2D eigenvalue weighted by Gasteiger charge is -2.10. The molecule has 11 heteroatoms. The summed E-state index contributed by atoms with van der Waals surface area (Å²) in [5, 5.41) is 2.75. The van der Waals surface area contributed by atoms with Crippen molar-refractivity contribution in [1.82, 2.24) is 15.0 Å². The molecule has 1 aromatic heterocycles. The number of esters is 1. The predicted octanol–water partition coefficient (Wildman–Crippen LogP) is 2.75. The molecule has 0 aliphatic rings. The predicted molar refractivity (Wildman–Crippen MR) is 135 cm³/mol. The van der Waals surface area contributed by atoms with E-state index in [4.69, 9.17) is 9.47 Å². The van der Waals surface area contributed by atoms with Gasteiger partial charge in [0.25, 0.3) is 21.8 Å². The second kappa shape index (κ2) is 12.6. The SMILES string of the molecule is CCCOC(=O)c1ccc(C(=O)NS(=O)(=O)c2cccc(C(=O)NCCc3ccccc3OC)c2)cn1. The van der Waals surface area contributed by atoms with Gasteiger partial charge in [0, 0.05) is 18.3 Å². The second-order valence-electron chi connectivity index (χ2n) is 7.85. The number of sulfonamides is 1. The zero-order valence-corrected chi connectivity index (χ0v) is 21.2. The Morgan fingerprint density at radius 2 is 1.73 bits per heavy atom. The molecule has 10 nitrogen and oxygen atoms in total. The number of amides is 2. The number of pyridine rings is 1. The van der Waals surface area contributed by atoms with Crippen LogP contribution in [-0.2, 0) is 21.2 Å². The molecule has 1 heterocycles.